The highest BCUT2D eigenvalue weighted by Crippen LogP contribution is 2.27. The van der Waals surface area contributed by atoms with Gasteiger partial charge in [-0.3, -0.25) is 0 Å². The summed E-state index contributed by atoms with van der Waals surface area (Å²) in [6.07, 6.45) is 2.58. The van der Waals surface area contributed by atoms with Gasteiger partial charge in [0.25, 0.3) is 0 Å². The quantitative estimate of drug-likeness (QED) is 0.788. The second-order valence-electron chi connectivity index (χ2n) is 4.83. The van der Waals surface area contributed by atoms with Gasteiger partial charge in [-0.25, -0.2) is 0 Å². The van der Waals surface area contributed by atoms with Crippen molar-refractivity contribution in [3.8, 4) is 0 Å². The molecule has 1 aromatic rings. The molecule has 1 aliphatic rings. The Balaban J connectivity index is 2.15. The predicted octanol–water partition coefficient (Wildman–Crippen LogP) is 1.93. The van der Waals surface area contributed by atoms with Crippen molar-refractivity contribution in [2.24, 2.45) is 0 Å². The van der Waals surface area contributed by atoms with E-state index in [4.69, 9.17) is 5.73 Å². The van der Waals surface area contributed by atoms with E-state index in [1.54, 1.807) is 0 Å². The third-order valence-corrected chi connectivity index (χ3v) is 3.04. The number of benzene rings is 1. The van der Waals surface area contributed by atoms with Crippen LogP contribution in [0.2, 0.25) is 0 Å². The lowest BCUT2D eigenvalue weighted by atomic mass is 10.1. The Morgan fingerprint density at radius 2 is 1.94 bits per heavy atom. The molecule has 1 fully saturated rings. The van der Waals surface area contributed by atoms with E-state index >= 15 is 0 Å². The zero-order chi connectivity index (χ0) is 11.5. The monoisotopic (exact) mass is 219 g/mol. The maximum atomic E-state index is 6.12. The van der Waals surface area contributed by atoms with Crippen LogP contribution in [0.25, 0.3) is 0 Å². The van der Waals surface area contributed by atoms with Crippen molar-refractivity contribution in [2.45, 2.75) is 19.4 Å². The fourth-order valence-electron chi connectivity index (χ4n) is 2.31. The fraction of sp³-hybridized carbons (Fsp3) is 0.538. The molecule has 0 amide bonds. The summed E-state index contributed by atoms with van der Waals surface area (Å²) in [6.45, 7) is 3.25. The van der Waals surface area contributed by atoms with Crippen LogP contribution in [0.3, 0.4) is 0 Å². The number of nitrogens with zero attached hydrogens (tertiary/aromatic N) is 2. The smallest absolute Gasteiger partial charge is 0.0600 e. The minimum Gasteiger partial charge on any atom is -0.397 e. The van der Waals surface area contributed by atoms with Gasteiger partial charge in [-0.1, -0.05) is 6.07 Å². The molecule has 1 aliphatic heterocycles. The van der Waals surface area contributed by atoms with E-state index in [0.29, 0.717) is 0 Å². The van der Waals surface area contributed by atoms with Crippen molar-refractivity contribution in [3.05, 3.63) is 23.8 Å². The van der Waals surface area contributed by atoms with Crippen molar-refractivity contribution in [2.75, 3.05) is 37.8 Å². The highest BCUT2D eigenvalue weighted by molar-refractivity contribution is 5.68. The van der Waals surface area contributed by atoms with Gasteiger partial charge in [0.2, 0.25) is 0 Å². The maximum absolute atomic E-state index is 6.12. The van der Waals surface area contributed by atoms with Crippen LogP contribution in [-0.4, -0.2) is 32.1 Å². The second-order valence-corrected chi connectivity index (χ2v) is 4.83. The number of rotatable bonds is 3. The SMILES string of the molecule is CN(C)Cc1ccc(N2CCCC2)c(N)c1. The van der Waals surface area contributed by atoms with Gasteiger partial charge < -0.3 is 15.5 Å². The summed E-state index contributed by atoms with van der Waals surface area (Å²) in [4.78, 5) is 4.54. The minimum atomic E-state index is 0.918. The van der Waals surface area contributed by atoms with Crippen molar-refractivity contribution < 1.29 is 0 Å². The summed E-state index contributed by atoms with van der Waals surface area (Å²) in [5.74, 6) is 0. The molecule has 0 spiro atoms. The molecule has 3 heteroatoms. The molecular weight excluding hydrogens is 198 g/mol. The molecule has 0 aliphatic carbocycles. The summed E-state index contributed by atoms with van der Waals surface area (Å²) >= 11 is 0. The lowest BCUT2D eigenvalue weighted by Crippen LogP contribution is -2.19. The largest absolute Gasteiger partial charge is 0.397 e. The molecule has 1 aromatic carbocycles. The first-order chi connectivity index (χ1) is 7.66. The lowest BCUT2D eigenvalue weighted by Gasteiger charge is -2.20. The number of hydrogen-bond donors (Lipinski definition) is 1. The van der Waals surface area contributed by atoms with E-state index in [1.807, 2.05) is 0 Å². The Morgan fingerprint density at radius 1 is 1.25 bits per heavy atom. The van der Waals surface area contributed by atoms with E-state index in [1.165, 1.54) is 24.1 Å². The summed E-state index contributed by atoms with van der Waals surface area (Å²) in [7, 11) is 4.15. The normalized spacial score (nSPS) is 16.1. The van der Waals surface area contributed by atoms with Gasteiger partial charge in [-0.05, 0) is 44.6 Å². The van der Waals surface area contributed by atoms with Gasteiger partial charge in [0, 0.05) is 19.6 Å². The second kappa shape index (κ2) is 4.74. The molecule has 1 heterocycles. The molecule has 16 heavy (non-hydrogen) atoms. The number of hydrogen-bond acceptors (Lipinski definition) is 3. The number of nitrogens with two attached hydrogens (primary N) is 1. The zero-order valence-corrected chi connectivity index (χ0v) is 10.2. The number of nitrogen functional groups attached to an aromatic ring is 1. The van der Waals surface area contributed by atoms with Crippen LogP contribution in [0.15, 0.2) is 18.2 Å². The molecule has 0 unspecified atom stereocenters. The van der Waals surface area contributed by atoms with Crippen LogP contribution < -0.4 is 10.6 Å². The lowest BCUT2D eigenvalue weighted by molar-refractivity contribution is 0.402. The number of anilines is 2. The molecule has 0 saturated carbocycles. The van der Waals surface area contributed by atoms with Gasteiger partial charge in [-0.2, -0.15) is 0 Å². The zero-order valence-electron chi connectivity index (χ0n) is 10.2. The summed E-state index contributed by atoms with van der Waals surface area (Å²) in [5, 5.41) is 0. The van der Waals surface area contributed by atoms with Crippen LogP contribution >= 0.6 is 0 Å². The third kappa shape index (κ3) is 2.47. The van der Waals surface area contributed by atoms with Crippen LogP contribution in [0.5, 0.6) is 0 Å². The molecule has 1 saturated heterocycles. The fourth-order valence-corrected chi connectivity index (χ4v) is 2.31. The predicted molar refractivity (Wildman–Crippen MR) is 69.7 cm³/mol. The van der Waals surface area contributed by atoms with Gasteiger partial charge in [0.15, 0.2) is 0 Å². The van der Waals surface area contributed by atoms with Crippen molar-refractivity contribution in [1.29, 1.82) is 0 Å². The molecule has 0 aromatic heterocycles. The first-order valence-electron chi connectivity index (χ1n) is 5.95. The van der Waals surface area contributed by atoms with E-state index in [9.17, 15) is 0 Å². The van der Waals surface area contributed by atoms with Gasteiger partial charge >= 0.3 is 0 Å². The van der Waals surface area contributed by atoms with Crippen LogP contribution in [-0.2, 0) is 6.54 Å². The molecule has 2 rings (SSSR count). The van der Waals surface area contributed by atoms with Crippen LogP contribution in [0, 0.1) is 0 Å². The Bertz CT molecular complexity index is 354. The van der Waals surface area contributed by atoms with Crippen LogP contribution in [0.4, 0.5) is 11.4 Å². The van der Waals surface area contributed by atoms with Crippen molar-refractivity contribution in [1.82, 2.24) is 4.90 Å². The summed E-state index contributed by atoms with van der Waals surface area (Å²) in [5.41, 5.74) is 9.53. The Hall–Kier alpha value is -1.22. The highest BCUT2D eigenvalue weighted by atomic mass is 15.1. The summed E-state index contributed by atoms with van der Waals surface area (Å²) in [6, 6.07) is 6.46. The van der Waals surface area contributed by atoms with Gasteiger partial charge in [0.05, 0.1) is 11.4 Å². The Morgan fingerprint density at radius 3 is 2.50 bits per heavy atom. The molecule has 88 valence electrons. The van der Waals surface area contributed by atoms with Gasteiger partial charge in [-0.15, -0.1) is 0 Å². The maximum Gasteiger partial charge on any atom is 0.0600 e. The van der Waals surface area contributed by atoms with Gasteiger partial charge in [0.1, 0.15) is 0 Å². The molecule has 0 bridgehead atoms. The topological polar surface area (TPSA) is 32.5 Å². The highest BCUT2D eigenvalue weighted by Gasteiger charge is 2.14. The first kappa shape index (κ1) is 11.3. The molecule has 2 N–H and O–H groups in total. The van der Waals surface area contributed by atoms with E-state index < -0.39 is 0 Å². The average molecular weight is 219 g/mol. The minimum absolute atomic E-state index is 0.918. The Kier molecular flexibility index (Phi) is 3.34. The van der Waals surface area contributed by atoms with Crippen LogP contribution in [0.1, 0.15) is 18.4 Å². The third-order valence-electron chi connectivity index (χ3n) is 3.04. The first-order valence-corrected chi connectivity index (χ1v) is 5.95. The van der Waals surface area contributed by atoms with E-state index in [-0.39, 0.29) is 0 Å². The molecule has 3 nitrogen and oxygen atoms in total. The van der Waals surface area contributed by atoms with Crippen molar-refractivity contribution >= 4 is 11.4 Å². The van der Waals surface area contributed by atoms with Crippen molar-refractivity contribution in [3.63, 3.8) is 0 Å². The molecule has 0 radical (unpaired) electrons. The standard InChI is InChI=1S/C13H21N3/c1-15(2)10-11-5-6-13(12(14)9-11)16-7-3-4-8-16/h5-6,9H,3-4,7-8,10,14H2,1-2H3. The Labute approximate surface area is 97.8 Å². The van der Waals surface area contributed by atoms with E-state index in [0.717, 1.165) is 25.3 Å². The summed E-state index contributed by atoms with van der Waals surface area (Å²) < 4.78 is 0. The average Bonchev–Trinajstić information content (AvgIpc) is 2.69. The molecular formula is C13H21N3. The van der Waals surface area contributed by atoms with E-state index in [2.05, 4.69) is 42.1 Å². The molecule has 0 atom stereocenters.